The van der Waals surface area contributed by atoms with Gasteiger partial charge in [-0.15, -0.1) is 0 Å². The molecule has 0 aliphatic carbocycles. The van der Waals surface area contributed by atoms with Crippen LogP contribution < -0.4 is 0 Å². The van der Waals surface area contributed by atoms with Gasteiger partial charge in [-0.3, -0.25) is 4.99 Å². The van der Waals surface area contributed by atoms with E-state index in [0.717, 1.165) is 22.2 Å². The minimum absolute atomic E-state index is 0.102. The number of nitrogens with one attached hydrogen (secondary N) is 1. The summed E-state index contributed by atoms with van der Waals surface area (Å²) >= 11 is 6.07. The molecule has 3 rings (SSSR count). The van der Waals surface area contributed by atoms with Crippen LogP contribution in [0, 0.1) is 6.92 Å². The summed E-state index contributed by atoms with van der Waals surface area (Å²) in [6.07, 6.45) is 1.71. The molecule has 0 unspecified atom stereocenters. The second-order valence-electron chi connectivity index (χ2n) is 6.00. The molecule has 2 N–H and O–H groups in total. The molecule has 0 saturated heterocycles. The Balaban J connectivity index is 2.11. The Bertz CT molecular complexity index is 894. The second kappa shape index (κ2) is 6.09. The lowest BCUT2D eigenvalue weighted by Gasteiger charge is -2.11. The minimum atomic E-state index is 0.102. The van der Waals surface area contributed by atoms with Crippen LogP contribution in [0.2, 0.25) is 5.02 Å². The number of aromatic hydroxyl groups is 1. The van der Waals surface area contributed by atoms with E-state index in [1.807, 2.05) is 31.2 Å². The maximum absolute atomic E-state index is 10.2. The van der Waals surface area contributed by atoms with E-state index < -0.39 is 0 Å². The fraction of sp³-hybridized carbons (Fsp3) is 0.211. The van der Waals surface area contributed by atoms with Gasteiger partial charge in [-0.05, 0) is 42.2 Å². The smallest absolute Gasteiger partial charge is 0.198 e. The zero-order chi connectivity index (χ0) is 16.6. The number of halogens is 1. The van der Waals surface area contributed by atoms with Crippen LogP contribution >= 0.6 is 11.6 Å². The first kappa shape index (κ1) is 15.6. The number of aromatic amines is 1. The first-order valence-electron chi connectivity index (χ1n) is 7.61. The van der Waals surface area contributed by atoms with Crippen LogP contribution in [0.5, 0.6) is 5.88 Å². The van der Waals surface area contributed by atoms with Crippen LogP contribution in [0.1, 0.15) is 36.5 Å². The number of nitrogens with zero attached hydrogens (tertiary/aromatic N) is 1. The maximum Gasteiger partial charge on any atom is 0.198 e. The third-order valence-electron chi connectivity index (χ3n) is 3.99. The molecule has 0 amide bonds. The highest BCUT2D eigenvalue weighted by atomic mass is 35.5. The largest absolute Gasteiger partial charge is 0.494 e. The Morgan fingerprint density at radius 1 is 1.22 bits per heavy atom. The average molecular weight is 327 g/mol. The standard InChI is InChI=1S/C19H19ClN2O/c1-11(2)14-6-4-5-12(3)18(14)21-10-16-15-9-13(20)7-8-17(15)22-19(16)23/h4-11,22-23H,1-3H3. The first-order valence-corrected chi connectivity index (χ1v) is 7.99. The predicted molar refractivity (Wildman–Crippen MR) is 97.5 cm³/mol. The number of aliphatic imine (C=N–C) groups is 1. The van der Waals surface area contributed by atoms with E-state index in [-0.39, 0.29) is 5.88 Å². The lowest BCUT2D eigenvalue weighted by molar-refractivity contribution is 0.457. The van der Waals surface area contributed by atoms with Crippen molar-refractivity contribution in [2.45, 2.75) is 26.7 Å². The van der Waals surface area contributed by atoms with Gasteiger partial charge >= 0.3 is 0 Å². The summed E-state index contributed by atoms with van der Waals surface area (Å²) in [5.74, 6) is 0.485. The van der Waals surface area contributed by atoms with E-state index in [9.17, 15) is 5.11 Å². The Morgan fingerprint density at radius 3 is 2.74 bits per heavy atom. The molecule has 0 aliphatic rings. The van der Waals surface area contributed by atoms with E-state index in [1.54, 1.807) is 12.3 Å². The lowest BCUT2D eigenvalue weighted by Crippen LogP contribution is -1.91. The topological polar surface area (TPSA) is 48.4 Å². The summed E-state index contributed by atoms with van der Waals surface area (Å²) < 4.78 is 0. The van der Waals surface area contributed by atoms with Gasteiger partial charge in [-0.1, -0.05) is 43.6 Å². The monoisotopic (exact) mass is 326 g/mol. The number of aryl methyl sites for hydroxylation is 1. The average Bonchev–Trinajstić information content (AvgIpc) is 2.81. The molecule has 2 aromatic carbocycles. The van der Waals surface area contributed by atoms with E-state index in [1.165, 1.54) is 5.56 Å². The van der Waals surface area contributed by atoms with Gasteiger partial charge in [0, 0.05) is 22.1 Å². The fourth-order valence-electron chi connectivity index (χ4n) is 2.75. The molecule has 0 atom stereocenters. The van der Waals surface area contributed by atoms with Gasteiger partial charge in [0.2, 0.25) is 0 Å². The highest BCUT2D eigenvalue weighted by Gasteiger charge is 2.11. The van der Waals surface area contributed by atoms with Crippen molar-refractivity contribution in [1.82, 2.24) is 4.98 Å². The quantitative estimate of drug-likeness (QED) is 0.595. The predicted octanol–water partition coefficient (Wildman–Crippen LogP) is 5.71. The summed E-state index contributed by atoms with van der Waals surface area (Å²) in [5.41, 5.74) is 4.75. The Kier molecular flexibility index (Phi) is 4.14. The summed E-state index contributed by atoms with van der Waals surface area (Å²) in [6.45, 7) is 6.35. The number of hydrogen-bond donors (Lipinski definition) is 2. The number of aromatic nitrogens is 1. The molecule has 3 aromatic rings. The molecule has 23 heavy (non-hydrogen) atoms. The van der Waals surface area contributed by atoms with Gasteiger partial charge in [0.15, 0.2) is 5.88 Å². The van der Waals surface area contributed by atoms with Crippen LogP contribution in [0.4, 0.5) is 5.69 Å². The van der Waals surface area contributed by atoms with Crippen molar-refractivity contribution in [3.8, 4) is 5.88 Å². The van der Waals surface area contributed by atoms with Gasteiger partial charge in [-0.25, -0.2) is 0 Å². The van der Waals surface area contributed by atoms with Gasteiger partial charge in [0.25, 0.3) is 0 Å². The van der Waals surface area contributed by atoms with Gasteiger partial charge in [-0.2, -0.15) is 0 Å². The Labute approximate surface area is 140 Å². The SMILES string of the molecule is Cc1cccc(C(C)C)c1N=Cc1c(O)[nH]c2ccc(Cl)cc12. The lowest BCUT2D eigenvalue weighted by atomic mass is 9.98. The van der Waals surface area contributed by atoms with Gasteiger partial charge in [0.05, 0.1) is 11.3 Å². The number of hydrogen-bond acceptors (Lipinski definition) is 2. The van der Waals surface area contributed by atoms with Crippen LogP contribution in [0.3, 0.4) is 0 Å². The fourth-order valence-corrected chi connectivity index (χ4v) is 2.93. The highest BCUT2D eigenvalue weighted by molar-refractivity contribution is 6.31. The zero-order valence-electron chi connectivity index (χ0n) is 13.4. The number of para-hydroxylation sites is 1. The molecular weight excluding hydrogens is 308 g/mol. The number of fused-ring (bicyclic) bond motifs is 1. The van der Waals surface area contributed by atoms with Crippen LogP contribution in [-0.4, -0.2) is 16.3 Å². The second-order valence-corrected chi connectivity index (χ2v) is 6.44. The number of H-pyrrole nitrogens is 1. The molecule has 1 aromatic heterocycles. The molecule has 0 fully saturated rings. The van der Waals surface area contributed by atoms with E-state index in [2.05, 4.69) is 29.9 Å². The summed E-state index contributed by atoms with van der Waals surface area (Å²) in [5, 5.41) is 11.7. The molecule has 0 bridgehead atoms. The summed E-state index contributed by atoms with van der Waals surface area (Å²) in [6, 6.07) is 11.7. The number of benzene rings is 2. The Morgan fingerprint density at radius 2 is 2.00 bits per heavy atom. The summed E-state index contributed by atoms with van der Waals surface area (Å²) in [7, 11) is 0. The van der Waals surface area contributed by atoms with Crippen molar-refractivity contribution in [2.24, 2.45) is 4.99 Å². The Hall–Kier alpha value is -2.26. The molecule has 0 saturated carbocycles. The molecular formula is C19H19ClN2O. The molecule has 0 spiro atoms. The van der Waals surface area contributed by atoms with Gasteiger partial charge < -0.3 is 10.1 Å². The minimum Gasteiger partial charge on any atom is -0.494 e. The number of rotatable bonds is 3. The molecule has 3 nitrogen and oxygen atoms in total. The molecule has 118 valence electrons. The van der Waals surface area contributed by atoms with Crippen molar-refractivity contribution in [1.29, 1.82) is 0 Å². The van der Waals surface area contributed by atoms with Crippen molar-refractivity contribution in [3.05, 3.63) is 58.1 Å². The van der Waals surface area contributed by atoms with Crippen LogP contribution in [0.15, 0.2) is 41.4 Å². The summed E-state index contributed by atoms with van der Waals surface area (Å²) in [4.78, 5) is 7.61. The van der Waals surface area contributed by atoms with Crippen LogP contribution in [0.25, 0.3) is 10.9 Å². The van der Waals surface area contributed by atoms with Crippen LogP contribution in [-0.2, 0) is 0 Å². The zero-order valence-corrected chi connectivity index (χ0v) is 14.1. The maximum atomic E-state index is 10.2. The van der Waals surface area contributed by atoms with Crippen molar-refractivity contribution < 1.29 is 5.11 Å². The molecule has 0 radical (unpaired) electrons. The van der Waals surface area contributed by atoms with E-state index >= 15 is 0 Å². The third-order valence-corrected chi connectivity index (χ3v) is 4.23. The molecule has 0 aliphatic heterocycles. The normalized spacial score (nSPS) is 11.9. The molecule has 4 heteroatoms. The third kappa shape index (κ3) is 2.97. The van der Waals surface area contributed by atoms with E-state index in [0.29, 0.717) is 16.5 Å². The van der Waals surface area contributed by atoms with Gasteiger partial charge in [0.1, 0.15) is 0 Å². The van der Waals surface area contributed by atoms with E-state index in [4.69, 9.17) is 11.6 Å². The van der Waals surface area contributed by atoms with Crippen molar-refractivity contribution in [3.63, 3.8) is 0 Å². The van der Waals surface area contributed by atoms with Crippen molar-refractivity contribution >= 4 is 34.4 Å². The highest BCUT2D eigenvalue weighted by Crippen LogP contribution is 2.32. The molecule has 1 heterocycles. The van der Waals surface area contributed by atoms with Crippen molar-refractivity contribution in [2.75, 3.05) is 0 Å². The first-order chi connectivity index (χ1) is 11.0.